The van der Waals surface area contributed by atoms with Crippen molar-refractivity contribution in [2.75, 3.05) is 0 Å². The SMILES string of the molecule is c1ccc(-c2cc(-c3cccc(-c4cccc(-c5cc6c(oc7cccc(-c8ccc9ccc(-c%10cccc(-c%11cccc(-c%12cc(-c%13ccc(-c%14cc%15c(oc%16cccc(-c%17ccc%18ccccc%18c%17)c%16%15)c%15ccccc%14%15)cc%13)nc(-c%13ccccc%13)n%12)c%11)c%10)cc9c8)c76)c6ccccc56)c4)c3)nc(-c3ccccc3)n2)cc1. The van der Waals surface area contributed by atoms with Crippen LogP contribution in [0.2, 0.25) is 0 Å². The molecular formula is C108H66N4O2. The Balaban J connectivity index is 0.575. The summed E-state index contributed by atoms with van der Waals surface area (Å²) in [5.41, 5.74) is 28.5. The van der Waals surface area contributed by atoms with Gasteiger partial charge in [0.2, 0.25) is 0 Å². The molecule has 6 nitrogen and oxygen atoms in total. The van der Waals surface area contributed by atoms with E-state index in [4.69, 9.17) is 28.8 Å². The van der Waals surface area contributed by atoms with Crippen molar-refractivity contribution in [3.8, 4) is 146 Å². The van der Waals surface area contributed by atoms with Crippen molar-refractivity contribution in [2.24, 2.45) is 0 Å². The lowest BCUT2D eigenvalue weighted by Crippen LogP contribution is -1.96. The average molecular weight is 1450 g/mol. The second-order valence-corrected chi connectivity index (χ2v) is 29.5. The van der Waals surface area contributed by atoms with Gasteiger partial charge in [0.25, 0.3) is 0 Å². The van der Waals surface area contributed by atoms with Crippen LogP contribution in [-0.2, 0) is 0 Å². The lowest BCUT2D eigenvalue weighted by Gasteiger charge is -2.13. The number of benzene rings is 18. The zero-order valence-electron chi connectivity index (χ0n) is 61.7. The van der Waals surface area contributed by atoms with E-state index < -0.39 is 0 Å². The van der Waals surface area contributed by atoms with Gasteiger partial charge >= 0.3 is 0 Å². The molecule has 22 aromatic rings. The normalized spacial score (nSPS) is 11.7. The van der Waals surface area contributed by atoms with E-state index in [1.165, 1.54) is 10.8 Å². The first-order valence-corrected chi connectivity index (χ1v) is 38.7. The summed E-state index contributed by atoms with van der Waals surface area (Å²) < 4.78 is 13.8. The average Bonchev–Trinajstić information content (AvgIpc) is 1.58. The summed E-state index contributed by atoms with van der Waals surface area (Å²) in [5.74, 6) is 1.35. The molecule has 4 aromatic heterocycles. The highest BCUT2D eigenvalue weighted by Gasteiger charge is 2.23. The molecule has 0 unspecified atom stereocenters. The van der Waals surface area contributed by atoms with E-state index in [9.17, 15) is 0 Å². The van der Waals surface area contributed by atoms with Crippen molar-refractivity contribution < 1.29 is 8.83 Å². The van der Waals surface area contributed by atoms with Crippen LogP contribution in [0.5, 0.6) is 0 Å². The van der Waals surface area contributed by atoms with Gasteiger partial charge in [-0.3, -0.25) is 0 Å². The van der Waals surface area contributed by atoms with Crippen molar-refractivity contribution in [3.05, 3.63) is 400 Å². The van der Waals surface area contributed by atoms with Crippen LogP contribution in [0.3, 0.4) is 0 Å². The molecule has 114 heavy (non-hydrogen) atoms. The van der Waals surface area contributed by atoms with Crippen LogP contribution in [0.15, 0.2) is 409 Å². The monoisotopic (exact) mass is 1450 g/mol. The quantitative estimate of drug-likeness (QED) is 0.114. The number of fused-ring (bicyclic) bond motifs is 12. The van der Waals surface area contributed by atoms with Crippen LogP contribution in [-0.4, -0.2) is 19.9 Å². The van der Waals surface area contributed by atoms with E-state index in [1.807, 2.05) is 42.5 Å². The summed E-state index contributed by atoms with van der Waals surface area (Å²) in [4.78, 5) is 20.9. The lowest BCUT2D eigenvalue weighted by molar-refractivity contribution is 0.672. The van der Waals surface area contributed by atoms with Crippen LogP contribution in [0.4, 0.5) is 0 Å². The Bertz CT molecular complexity index is 7540. The van der Waals surface area contributed by atoms with Gasteiger partial charge in [-0.2, -0.15) is 0 Å². The first-order chi connectivity index (χ1) is 56.4. The number of aromatic nitrogens is 4. The Morgan fingerprint density at radius 1 is 0.158 bits per heavy atom. The van der Waals surface area contributed by atoms with Crippen molar-refractivity contribution in [1.82, 2.24) is 19.9 Å². The molecule has 22 rings (SSSR count). The summed E-state index contributed by atoms with van der Waals surface area (Å²) in [6.07, 6.45) is 0. The minimum atomic E-state index is 0.663. The zero-order chi connectivity index (χ0) is 75.2. The van der Waals surface area contributed by atoms with Gasteiger partial charge < -0.3 is 8.83 Å². The maximum atomic E-state index is 6.97. The van der Waals surface area contributed by atoms with Crippen molar-refractivity contribution in [2.45, 2.75) is 0 Å². The molecule has 0 spiro atoms. The minimum absolute atomic E-state index is 0.663. The fourth-order valence-corrected chi connectivity index (χ4v) is 17.0. The Hall–Kier alpha value is -15.2. The molecule has 0 saturated carbocycles. The molecule has 0 amide bonds. The van der Waals surface area contributed by atoms with Crippen molar-refractivity contribution >= 4 is 87.0 Å². The molecule has 0 radical (unpaired) electrons. The Morgan fingerprint density at radius 3 is 0.965 bits per heavy atom. The molecule has 0 aliphatic carbocycles. The number of rotatable bonds is 13. The highest BCUT2D eigenvalue weighted by molar-refractivity contribution is 6.24. The fraction of sp³-hybridized carbons (Fsp3) is 0. The highest BCUT2D eigenvalue weighted by Crippen LogP contribution is 2.48. The van der Waals surface area contributed by atoms with Crippen LogP contribution in [0.25, 0.3) is 233 Å². The highest BCUT2D eigenvalue weighted by atomic mass is 16.3. The second kappa shape index (κ2) is 27.4. The van der Waals surface area contributed by atoms with Gasteiger partial charge in [0.15, 0.2) is 11.6 Å². The summed E-state index contributed by atoms with van der Waals surface area (Å²) >= 11 is 0. The lowest BCUT2D eigenvalue weighted by atomic mass is 9.91. The summed E-state index contributed by atoms with van der Waals surface area (Å²) in [5, 5.41) is 13.5. The van der Waals surface area contributed by atoms with Crippen LogP contribution in [0.1, 0.15) is 0 Å². The summed E-state index contributed by atoms with van der Waals surface area (Å²) in [6, 6.07) is 143. The summed E-state index contributed by atoms with van der Waals surface area (Å²) in [7, 11) is 0. The predicted octanol–water partition coefficient (Wildman–Crippen LogP) is 29.3. The van der Waals surface area contributed by atoms with Gasteiger partial charge in [0, 0.05) is 65.7 Å². The molecule has 0 atom stereocenters. The molecule has 0 aliphatic heterocycles. The molecule has 0 N–H and O–H groups in total. The van der Waals surface area contributed by atoms with E-state index in [0.29, 0.717) is 11.6 Å². The van der Waals surface area contributed by atoms with Crippen LogP contribution < -0.4 is 0 Å². The first kappa shape index (κ1) is 65.8. The van der Waals surface area contributed by atoms with E-state index in [0.717, 1.165) is 210 Å². The Morgan fingerprint density at radius 2 is 0.465 bits per heavy atom. The van der Waals surface area contributed by atoms with Gasteiger partial charge in [0.1, 0.15) is 22.3 Å². The molecule has 0 bridgehead atoms. The number of nitrogens with zero attached hydrogens (tertiary/aromatic N) is 4. The third-order valence-corrected chi connectivity index (χ3v) is 22.6. The predicted molar refractivity (Wildman–Crippen MR) is 473 cm³/mol. The number of furan rings is 2. The van der Waals surface area contributed by atoms with Gasteiger partial charge in [0.05, 0.1) is 22.8 Å². The first-order valence-electron chi connectivity index (χ1n) is 38.7. The van der Waals surface area contributed by atoms with Gasteiger partial charge in [-0.1, -0.05) is 322 Å². The third-order valence-electron chi connectivity index (χ3n) is 22.6. The Kier molecular flexibility index (Phi) is 15.8. The molecule has 0 fully saturated rings. The molecule has 18 aromatic carbocycles. The second-order valence-electron chi connectivity index (χ2n) is 29.5. The largest absolute Gasteiger partial charge is 0.455 e. The van der Waals surface area contributed by atoms with E-state index >= 15 is 0 Å². The summed E-state index contributed by atoms with van der Waals surface area (Å²) in [6.45, 7) is 0. The molecule has 0 aliphatic rings. The van der Waals surface area contributed by atoms with E-state index in [2.05, 4.69) is 358 Å². The van der Waals surface area contributed by atoms with E-state index in [-0.39, 0.29) is 0 Å². The van der Waals surface area contributed by atoms with Gasteiger partial charge in [-0.05, 0) is 189 Å². The molecule has 4 heterocycles. The molecule has 0 saturated heterocycles. The maximum Gasteiger partial charge on any atom is 0.160 e. The number of hydrogen-bond donors (Lipinski definition) is 0. The number of hydrogen-bond acceptors (Lipinski definition) is 6. The van der Waals surface area contributed by atoms with Crippen molar-refractivity contribution in [1.29, 1.82) is 0 Å². The molecule has 6 heteroatoms. The van der Waals surface area contributed by atoms with Crippen LogP contribution >= 0.6 is 0 Å². The topological polar surface area (TPSA) is 77.8 Å². The third kappa shape index (κ3) is 11.8. The molecular weight excluding hydrogens is 1390 g/mol. The van der Waals surface area contributed by atoms with Crippen LogP contribution in [0, 0.1) is 0 Å². The standard InChI is InChI=1S/C108H66N4O2/c1-4-23-70(24-5-1)97-65-99(111-107(109-97)72-25-6-2-7-26-72)85-37-19-34-79(60-85)77-32-17-35-81(58-77)94-64-96-104-88(43-21-45-102(104)114-106(96)92-41-15-13-39-90(92)94)83-55-48-68-46-53-80(61-86(68)62-83)76-31-16-30-75(56-76)78-33-18-36-84(59-78)100-66-98(110-108(112-100)73-27-8-3-9-28-73)71-51-49-69(50-52-71)93-63-95-103-87(82-54-47-67-22-10-11-29-74(67)57-82)42-20-44-101(103)113-105(95)91-40-14-12-38-89(91)93/h1-66H. The Labute approximate surface area is 657 Å². The zero-order valence-corrected chi connectivity index (χ0v) is 61.7. The minimum Gasteiger partial charge on any atom is -0.455 e. The maximum absolute atomic E-state index is 6.97. The fourth-order valence-electron chi connectivity index (χ4n) is 17.0. The van der Waals surface area contributed by atoms with Gasteiger partial charge in [-0.15, -0.1) is 0 Å². The molecule has 530 valence electrons. The van der Waals surface area contributed by atoms with Crippen molar-refractivity contribution in [3.63, 3.8) is 0 Å². The smallest absolute Gasteiger partial charge is 0.160 e. The van der Waals surface area contributed by atoms with E-state index in [1.54, 1.807) is 0 Å². The van der Waals surface area contributed by atoms with Gasteiger partial charge in [-0.25, -0.2) is 19.9 Å².